The molecule has 1 aliphatic carbocycles. The van der Waals surface area contributed by atoms with Crippen LogP contribution in [0, 0.1) is 5.92 Å². The van der Waals surface area contributed by atoms with Crippen LogP contribution in [0.3, 0.4) is 0 Å². The van der Waals surface area contributed by atoms with Gasteiger partial charge in [-0.25, -0.2) is 9.59 Å². The summed E-state index contributed by atoms with van der Waals surface area (Å²) in [5.74, 6) is -0.750. The van der Waals surface area contributed by atoms with Gasteiger partial charge in [-0.2, -0.15) is 0 Å². The molecule has 136 valence electrons. The van der Waals surface area contributed by atoms with Crippen molar-refractivity contribution in [1.82, 2.24) is 0 Å². The first kappa shape index (κ1) is 17.5. The highest BCUT2D eigenvalue weighted by atomic mass is 16.7. The second-order valence-corrected chi connectivity index (χ2v) is 5.96. The van der Waals surface area contributed by atoms with Crippen LogP contribution < -0.4 is 9.47 Å². The molecule has 8 nitrogen and oxygen atoms in total. The number of esters is 2. The number of carbonyl (C=O) groups excluding carboxylic acids is 2. The molecule has 1 aromatic rings. The Bertz CT molecular complexity index is 654. The Morgan fingerprint density at radius 2 is 1.96 bits per heavy atom. The van der Waals surface area contributed by atoms with Gasteiger partial charge in [0.1, 0.15) is 12.2 Å². The lowest BCUT2D eigenvalue weighted by molar-refractivity contribution is -0.165. The molecule has 3 rings (SSSR count). The largest absolute Gasteiger partial charge is 0.464 e. The third-order valence-electron chi connectivity index (χ3n) is 4.13. The van der Waals surface area contributed by atoms with Crippen molar-refractivity contribution in [2.24, 2.45) is 5.92 Å². The average Bonchev–Trinajstić information content (AvgIpc) is 3.34. The fourth-order valence-electron chi connectivity index (χ4n) is 2.63. The van der Waals surface area contributed by atoms with E-state index in [-0.39, 0.29) is 24.9 Å². The van der Waals surface area contributed by atoms with Crippen molar-refractivity contribution in [1.29, 1.82) is 0 Å². The maximum atomic E-state index is 12.4. The summed E-state index contributed by atoms with van der Waals surface area (Å²) < 4.78 is 20.5. The summed E-state index contributed by atoms with van der Waals surface area (Å²) >= 11 is 0. The maximum Gasteiger partial charge on any atom is 0.338 e. The Balaban J connectivity index is 1.69. The van der Waals surface area contributed by atoms with Gasteiger partial charge in [0.25, 0.3) is 0 Å². The highest BCUT2D eigenvalue weighted by molar-refractivity contribution is 5.90. The van der Waals surface area contributed by atoms with Gasteiger partial charge in [-0.15, -0.1) is 0 Å². The molecule has 0 bridgehead atoms. The van der Waals surface area contributed by atoms with E-state index in [1.807, 2.05) is 0 Å². The molecule has 8 heteroatoms. The quantitative estimate of drug-likeness (QED) is 0.688. The van der Waals surface area contributed by atoms with Crippen LogP contribution in [0.15, 0.2) is 18.2 Å². The van der Waals surface area contributed by atoms with E-state index >= 15 is 0 Å². The lowest BCUT2D eigenvalue weighted by Crippen LogP contribution is -2.46. The molecule has 0 unspecified atom stereocenters. The zero-order chi connectivity index (χ0) is 18.0. The van der Waals surface area contributed by atoms with Gasteiger partial charge < -0.3 is 29.2 Å². The number of carbonyl (C=O) groups is 2. The summed E-state index contributed by atoms with van der Waals surface area (Å²) in [4.78, 5) is 24.0. The number of fused-ring (bicyclic) bond motifs is 1. The number of aliphatic hydroxyl groups excluding tert-OH is 2. The van der Waals surface area contributed by atoms with Crippen LogP contribution >= 0.6 is 0 Å². The van der Waals surface area contributed by atoms with Crippen molar-refractivity contribution in [3.05, 3.63) is 23.8 Å². The summed E-state index contributed by atoms with van der Waals surface area (Å²) in [6.07, 6.45) is -2.82. The summed E-state index contributed by atoms with van der Waals surface area (Å²) in [6, 6.07) is 4.60. The first-order valence-corrected chi connectivity index (χ1v) is 8.14. The van der Waals surface area contributed by atoms with E-state index < -0.39 is 30.3 Å². The number of hydrogen-bond donors (Lipinski definition) is 2. The number of aliphatic hydroxyl groups is 2. The van der Waals surface area contributed by atoms with Gasteiger partial charge in [-0.1, -0.05) is 0 Å². The molecule has 1 aromatic carbocycles. The molecule has 2 aliphatic rings. The Hall–Kier alpha value is -2.32. The first-order chi connectivity index (χ1) is 12.0. The van der Waals surface area contributed by atoms with Crippen LogP contribution in [0.1, 0.15) is 30.1 Å². The molecular formula is C17H20O8. The Morgan fingerprint density at radius 1 is 1.24 bits per heavy atom. The molecule has 1 fully saturated rings. The molecule has 3 atom stereocenters. The summed E-state index contributed by atoms with van der Waals surface area (Å²) in [7, 11) is 0. The maximum absolute atomic E-state index is 12.4. The monoisotopic (exact) mass is 352 g/mol. The molecule has 1 saturated carbocycles. The van der Waals surface area contributed by atoms with Gasteiger partial charge in [0.2, 0.25) is 6.79 Å². The normalized spacial score (nSPS) is 19.0. The molecular weight excluding hydrogens is 332 g/mol. The van der Waals surface area contributed by atoms with Gasteiger partial charge in [0.05, 0.1) is 12.2 Å². The fraction of sp³-hybridized carbons (Fsp3) is 0.529. The number of ether oxygens (including phenoxy) is 4. The second kappa shape index (κ2) is 7.28. The first-order valence-electron chi connectivity index (χ1n) is 8.14. The van der Waals surface area contributed by atoms with Crippen molar-refractivity contribution >= 4 is 11.9 Å². The zero-order valence-electron chi connectivity index (χ0n) is 13.7. The van der Waals surface area contributed by atoms with Crippen LogP contribution in [-0.4, -0.2) is 53.9 Å². The predicted molar refractivity (Wildman–Crippen MR) is 83.1 cm³/mol. The SMILES string of the molecule is CCOC(=O)[C@@H](O)[C@H](O)[C@H](OC(=O)c1ccc2c(c1)OCO2)C1CC1. The highest BCUT2D eigenvalue weighted by Crippen LogP contribution is 2.38. The molecule has 2 N–H and O–H groups in total. The van der Waals surface area contributed by atoms with Crippen molar-refractivity contribution in [3.63, 3.8) is 0 Å². The molecule has 1 heterocycles. The Labute approximate surface area is 144 Å². The standard InChI is InChI=1S/C17H20O8/c1-2-22-17(21)14(19)13(18)15(9-3-4-9)25-16(20)10-5-6-11-12(7-10)24-8-23-11/h5-7,9,13-15,18-19H,2-4,8H2,1H3/t13-,14-,15+/m0/s1. The average molecular weight is 352 g/mol. The predicted octanol–water partition coefficient (Wildman–Crippen LogP) is 0.636. The fourth-order valence-corrected chi connectivity index (χ4v) is 2.63. The third kappa shape index (κ3) is 3.85. The molecule has 0 saturated heterocycles. The lowest BCUT2D eigenvalue weighted by Gasteiger charge is -2.25. The third-order valence-corrected chi connectivity index (χ3v) is 4.13. The molecule has 0 radical (unpaired) electrons. The topological polar surface area (TPSA) is 112 Å². The van der Waals surface area contributed by atoms with Crippen LogP contribution in [0.4, 0.5) is 0 Å². The van der Waals surface area contributed by atoms with Crippen LogP contribution in [0.5, 0.6) is 11.5 Å². The number of benzene rings is 1. The van der Waals surface area contributed by atoms with E-state index in [2.05, 4.69) is 0 Å². The second-order valence-electron chi connectivity index (χ2n) is 5.96. The van der Waals surface area contributed by atoms with Crippen molar-refractivity contribution in [2.75, 3.05) is 13.4 Å². The molecule has 25 heavy (non-hydrogen) atoms. The molecule has 0 spiro atoms. The number of rotatable bonds is 7. The Kier molecular flexibility index (Phi) is 5.10. The van der Waals surface area contributed by atoms with E-state index in [1.165, 1.54) is 12.1 Å². The highest BCUT2D eigenvalue weighted by Gasteiger charge is 2.44. The van der Waals surface area contributed by atoms with Crippen molar-refractivity contribution in [3.8, 4) is 11.5 Å². The van der Waals surface area contributed by atoms with Crippen molar-refractivity contribution in [2.45, 2.75) is 38.1 Å². The minimum absolute atomic E-state index is 0.0771. The summed E-state index contributed by atoms with van der Waals surface area (Å²) in [6.45, 7) is 1.76. The Morgan fingerprint density at radius 3 is 2.64 bits per heavy atom. The van der Waals surface area contributed by atoms with E-state index in [4.69, 9.17) is 18.9 Å². The number of hydrogen-bond acceptors (Lipinski definition) is 8. The summed E-state index contributed by atoms with van der Waals surface area (Å²) in [5.41, 5.74) is 0.229. The van der Waals surface area contributed by atoms with Gasteiger partial charge in [0.15, 0.2) is 17.6 Å². The minimum atomic E-state index is -1.77. The van der Waals surface area contributed by atoms with E-state index in [0.29, 0.717) is 11.5 Å². The minimum Gasteiger partial charge on any atom is -0.464 e. The van der Waals surface area contributed by atoms with Crippen LogP contribution in [0.2, 0.25) is 0 Å². The summed E-state index contributed by atoms with van der Waals surface area (Å²) in [5, 5.41) is 20.2. The van der Waals surface area contributed by atoms with E-state index in [1.54, 1.807) is 13.0 Å². The van der Waals surface area contributed by atoms with Gasteiger partial charge in [0, 0.05) is 0 Å². The van der Waals surface area contributed by atoms with Gasteiger partial charge >= 0.3 is 11.9 Å². The van der Waals surface area contributed by atoms with E-state index in [9.17, 15) is 19.8 Å². The molecule has 1 aliphatic heterocycles. The lowest BCUT2D eigenvalue weighted by atomic mass is 10.0. The van der Waals surface area contributed by atoms with Crippen LogP contribution in [0.25, 0.3) is 0 Å². The van der Waals surface area contributed by atoms with E-state index in [0.717, 1.165) is 12.8 Å². The van der Waals surface area contributed by atoms with Gasteiger partial charge in [-0.3, -0.25) is 0 Å². The van der Waals surface area contributed by atoms with Crippen LogP contribution in [-0.2, 0) is 14.3 Å². The zero-order valence-corrected chi connectivity index (χ0v) is 13.7. The molecule has 0 amide bonds. The smallest absolute Gasteiger partial charge is 0.338 e. The van der Waals surface area contributed by atoms with Gasteiger partial charge in [-0.05, 0) is 43.9 Å². The van der Waals surface area contributed by atoms with Crippen molar-refractivity contribution < 1.29 is 38.7 Å². The molecule has 0 aromatic heterocycles.